The van der Waals surface area contributed by atoms with E-state index in [2.05, 4.69) is 15.0 Å². The van der Waals surface area contributed by atoms with E-state index in [0.29, 0.717) is 42.9 Å². The molecule has 2 aromatic rings. The van der Waals surface area contributed by atoms with E-state index in [0.717, 1.165) is 24.8 Å². The number of morpholine rings is 1. The van der Waals surface area contributed by atoms with Gasteiger partial charge in [-0.3, -0.25) is 23.3 Å². The van der Waals surface area contributed by atoms with Gasteiger partial charge in [-0.2, -0.15) is 13.8 Å². The first-order valence-corrected chi connectivity index (χ1v) is 16.9. The molecule has 0 aliphatic carbocycles. The van der Waals surface area contributed by atoms with Gasteiger partial charge in [0.25, 0.3) is 0 Å². The van der Waals surface area contributed by atoms with Crippen molar-refractivity contribution >= 4 is 13.7 Å². The minimum absolute atomic E-state index is 0.0253. The van der Waals surface area contributed by atoms with Crippen molar-refractivity contribution in [3.8, 4) is 0 Å². The number of ether oxygens (including phenoxy) is 3. The van der Waals surface area contributed by atoms with Crippen molar-refractivity contribution in [2.75, 3.05) is 46.1 Å². The number of rotatable bonds is 16. The summed E-state index contributed by atoms with van der Waals surface area (Å²) >= 11 is 0. The summed E-state index contributed by atoms with van der Waals surface area (Å²) in [5.41, 5.74) is 0.219. The summed E-state index contributed by atoms with van der Waals surface area (Å²) in [6.45, 7) is 7.68. The van der Waals surface area contributed by atoms with Crippen LogP contribution in [0.4, 0.5) is 8.78 Å². The summed E-state index contributed by atoms with van der Waals surface area (Å²) in [4.78, 5) is 31.3. The Kier molecular flexibility index (Phi) is 13.0. The van der Waals surface area contributed by atoms with Crippen LogP contribution in [-0.4, -0.2) is 95.8 Å². The van der Waals surface area contributed by atoms with Gasteiger partial charge >= 0.3 is 25.3 Å². The first kappa shape index (κ1) is 36.2. The quantitative estimate of drug-likeness (QED) is 0.153. The van der Waals surface area contributed by atoms with Crippen LogP contribution in [0.1, 0.15) is 44.7 Å². The minimum atomic E-state index is -4.35. The molecule has 2 aliphatic rings. The van der Waals surface area contributed by atoms with Gasteiger partial charge in [0, 0.05) is 31.5 Å². The summed E-state index contributed by atoms with van der Waals surface area (Å²) in [6, 6.07) is 9.22. The number of halogens is 2. The second-order valence-corrected chi connectivity index (χ2v) is 13.5. The van der Waals surface area contributed by atoms with Crippen LogP contribution >= 0.6 is 7.75 Å². The molecule has 2 N–H and O–H groups in total. The third-order valence-corrected chi connectivity index (χ3v) is 9.17. The number of hydrogen-bond donors (Lipinski definition) is 2. The van der Waals surface area contributed by atoms with Crippen LogP contribution in [0.25, 0.3) is 0 Å². The Morgan fingerprint density at radius 2 is 1.89 bits per heavy atom. The Bertz CT molecular complexity index is 1380. The van der Waals surface area contributed by atoms with E-state index in [1.54, 1.807) is 24.3 Å². The fourth-order valence-corrected chi connectivity index (χ4v) is 6.51. The molecule has 0 spiro atoms. The normalized spacial score (nSPS) is 23.7. The maximum atomic E-state index is 15.2. The molecule has 1 aromatic heterocycles. The van der Waals surface area contributed by atoms with E-state index >= 15 is 8.78 Å². The average Bonchev–Trinajstić information content (AvgIpc) is 3.25. The van der Waals surface area contributed by atoms with Gasteiger partial charge in [0.2, 0.25) is 6.23 Å². The second kappa shape index (κ2) is 16.5. The van der Waals surface area contributed by atoms with Gasteiger partial charge < -0.3 is 19.3 Å². The number of carbonyl (C=O) groups excluding carboxylic acids is 1. The van der Waals surface area contributed by atoms with Gasteiger partial charge in [-0.1, -0.05) is 44.2 Å². The lowest BCUT2D eigenvalue weighted by molar-refractivity contribution is -0.146. The molecule has 16 heteroatoms. The number of aromatic nitrogens is 2. The van der Waals surface area contributed by atoms with E-state index in [1.165, 1.54) is 13.0 Å². The van der Waals surface area contributed by atoms with E-state index < -0.39 is 56.4 Å². The number of aliphatic hydroxyl groups excluding tert-OH is 1. The molecule has 1 aromatic carbocycles. The molecule has 2 fully saturated rings. The van der Waals surface area contributed by atoms with Crippen molar-refractivity contribution in [1.29, 1.82) is 0 Å². The molecule has 0 radical (unpaired) electrons. The van der Waals surface area contributed by atoms with Crippen molar-refractivity contribution in [2.24, 2.45) is 5.92 Å². The summed E-state index contributed by atoms with van der Waals surface area (Å²) in [7, 11) is -4.35. The van der Waals surface area contributed by atoms with Crippen LogP contribution in [0.5, 0.6) is 0 Å². The van der Waals surface area contributed by atoms with Crippen molar-refractivity contribution < 1.29 is 46.5 Å². The molecule has 5 atom stereocenters. The number of esters is 1. The van der Waals surface area contributed by atoms with Crippen molar-refractivity contribution in [3.63, 3.8) is 0 Å². The van der Waals surface area contributed by atoms with Gasteiger partial charge in [0.15, 0.2) is 6.10 Å². The molecule has 2 saturated heterocycles. The Balaban J connectivity index is 1.41. The predicted octanol–water partition coefficient (Wildman–Crippen LogP) is 2.92. The Morgan fingerprint density at radius 3 is 2.57 bits per heavy atom. The van der Waals surface area contributed by atoms with E-state index in [4.69, 9.17) is 23.3 Å². The van der Waals surface area contributed by atoms with E-state index in [1.807, 2.05) is 19.9 Å². The highest BCUT2D eigenvalue weighted by atomic mass is 31.2. The highest BCUT2D eigenvalue weighted by molar-refractivity contribution is 7.51. The SMILES string of the molecule is CC(C)Cc1ccn([C@@H]2O[C@H](COP(=O)(N[C@@H](C)C(=O)OCc3ccccc3)OCCCN3CCOCC3)[C@@H](O)C2(F)F)c(=O)n1. The second-order valence-electron chi connectivity index (χ2n) is 11.7. The van der Waals surface area contributed by atoms with Gasteiger partial charge in [-0.25, -0.2) is 14.4 Å². The fraction of sp³-hybridized carbons (Fsp3) is 0.633. The summed E-state index contributed by atoms with van der Waals surface area (Å²) in [5.74, 6) is -4.47. The molecule has 0 bridgehead atoms. The third kappa shape index (κ3) is 9.94. The number of nitrogens with zero attached hydrogens (tertiary/aromatic N) is 3. The minimum Gasteiger partial charge on any atom is -0.460 e. The van der Waals surface area contributed by atoms with Gasteiger partial charge in [-0.05, 0) is 37.3 Å². The molecule has 0 saturated carbocycles. The Morgan fingerprint density at radius 1 is 1.17 bits per heavy atom. The topological polar surface area (TPSA) is 151 Å². The first-order chi connectivity index (χ1) is 21.9. The highest BCUT2D eigenvalue weighted by Crippen LogP contribution is 2.47. The molecule has 0 amide bonds. The molecule has 4 rings (SSSR count). The summed E-state index contributed by atoms with van der Waals surface area (Å²) in [6.07, 6.45) is -4.22. The monoisotopic (exact) mass is 672 g/mol. The molecular weight excluding hydrogens is 629 g/mol. The zero-order valence-electron chi connectivity index (χ0n) is 26.3. The maximum absolute atomic E-state index is 15.2. The summed E-state index contributed by atoms with van der Waals surface area (Å²) < 4.78 is 72.0. The molecule has 13 nitrogen and oxygen atoms in total. The number of benzene rings is 1. The third-order valence-electron chi connectivity index (χ3n) is 7.46. The van der Waals surface area contributed by atoms with Crippen LogP contribution in [0.2, 0.25) is 0 Å². The molecule has 3 heterocycles. The lowest BCUT2D eigenvalue weighted by atomic mass is 10.1. The fourth-order valence-electron chi connectivity index (χ4n) is 4.99. The average molecular weight is 673 g/mol. The Hall–Kier alpha value is -2.62. The van der Waals surface area contributed by atoms with Crippen molar-refractivity contribution in [2.45, 2.75) is 70.6 Å². The van der Waals surface area contributed by atoms with E-state index in [9.17, 15) is 19.3 Å². The predicted molar refractivity (Wildman–Crippen MR) is 162 cm³/mol. The molecular formula is C30H43F2N4O9P. The maximum Gasteiger partial charge on any atom is 0.406 e. The standard InChI is InChI=1S/C30H43F2N4O9P/c1-21(2)18-24-10-12-36(29(39)33-24)28-30(31,32)26(37)25(45-28)20-44-46(40,43-15-7-11-35-13-16-41-17-14-35)34-22(3)27(38)42-19-23-8-5-4-6-9-23/h4-6,8-10,12,21-22,25-26,28,37H,7,11,13-20H2,1-3H3,(H,34,40)/t22-,25+,26+,28+,46?/m0/s1. The van der Waals surface area contributed by atoms with Crippen LogP contribution < -0.4 is 10.8 Å². The zero-order valence-corrected chi connectivity index (χ0v) is 27.2. The highest BCUT2D eigenvalue weighted by Gasteiger charge is 2.60. The number of nitrogens with one attached hydrogen (secondary N) is 1. The number of hydrogen-bond acceptors (Lipinski definition) is 11. The largest absolute Gasteiger partial charge is 0.460 e. The number of aliphatic hydroxyl groups is 1. The van der Waals surface area contributed by atoms with Crippen LogP contribution in [0.15, 0.2) is 47.4 Å². The molecule has 46 heavy (non-hydrogen) atoms. The molecule has 1 unspecified atom stereocenters. The summed E-state index contributed by atoms with van der Waals surface area (Å²) in [5, 5.41) is 13.0. The van der Waals surface area contributed by atoms with Crippen LogP contribution in [0, 0.1) is 5.92 Å². The van der Waals surface area contributed by atoms with Crippen molar-refractivity contribution in [1.82, 2.24) is 19.5 Å². The lowest BCUT2D eigenvalue weighted by Crippen LogP contribution is -2.42. The lowest BCUT2D eigenvalue weighted by Gasteiger charge is -2.27. The zero-order chi connectivity index (χ0) is 33.3. The van der Waals surface area contributed by atoms with Crippen LogP contribution in [0.3, 0.4) is 0 Å². The van der Waals surface area contributed by atoms with Gasteiger partial charge in [-0.15, -0.1) is 0 Å². The van der Waals surface area contributed by atoms with Gasteiger partial charge in [0.05, 0.1) is 26.4 Å². The first-order valence-electron chi connectivity index (χ1n) is 15.3. The van der Waals surface area contributed by atoms with Crippen molar-refractivity contribution in [3.05, 3.63) is 64.3 Å². The number of carbonyl (C=O) groups is 1. The van der Waals surface area contributed by atoms with Crippen LogP contribution in [-0.2, 0) is 45.6 Å². The van der Waals surface area contributed by atoms with Gasteiger partial charge in [0.1, 0.15) is 18.8 Å². The Labute approximate surface area is 266 Å². The molecule has 2 aliphatic heterocycles. The van der Waals surface area contributed by atoms with E-state index in [-0.39, 0.29) is 19.1 Å². The molecule has 256 valence electrons. The smallest absolute Gasteiger partial charge is 0.406 e. The number of alkyl halides is 2.